The van der Waals surface area contributed by atoms with Gasteiger partial charge in [-0.3, -0.25) is 4.79 Å². The summed E-state index contributed by atoms with van der Waals surface area (Å²) in [6.07, 6.45) is 1.88. The van der Waals surface area contributed by atoms with E-state index >= 15 is 0 Å². The second kappa shape index (κ2) is 4.86. The number of anilines is 1. The first kappa shape index (κ1) is 12.1. The van der Waals surface area contributed by atoms with E-state index in [1.807, 2.05) is 0 Å². The molecule has 1 aliphatic heterocycles. The molecule has 2 nitrogen and oxygen atoms in total. The predicted molar refractivity (Wildman–Crippen MR) is 66.9 cm³/mol. The second-order valence-electron chi connectivity index (χ2n) is 5.06. The first-order chi connectivity index (χ1) is 8.11. The lowest BCUT2D eigenvalue weighted by atomic mass is 9.95. The number of hydrogen-bond acceptors (Lipinski definition) is 2. The van der Waals surface area contributed by atoms with Gasteiger partial charge < -0.3 is 4.90 Å². The number of carbonyl (C=O) groups is 1. The van der Waals surface area contributed by atoms with Crippen molar-refractivity contribution >= 4 is 12.0 Å². The summed E-state index contributed by atoms with van der Waals surface area (Å²) >= 11 is 0. The Balaban J connectivity index is 2.21. The average Bonchev–Trinajstić information content (AvgIpc) is 2.78. The van der Waals surface area contributed by atoms with Crippen molar-refractivity contribution in [1.82, 2.24) is 0 Å². The van der Waals surface area contributed by atoms with Gasteiger partial charge in [-0.1, -0.05) is 13.8 Å². The molecule has 0 aliphatic carbocycles. The molecule has 1 fully saturated rings. The fourth-order valence-electron chi connectivity index (χ4n) is 2.46. The molecule has 0 N–H and O–H groups in total. The van der Waals surface area contributed by atoms with Crippen LogP contribution >= 0.6 is 0 Å². The summed E-state index contributed by atoms with van der Waals surface area (Å²) in [4.78, 5) is 13.1. The molecule has 17 heavy (non-hydrogen) atoms. The third kappa shape index (κ3) is 2.48. The summed E-state index contributed by atoms with van der Waals surface area (Å²) in [5.74, 6) is 0.968. The quantitative estimate of drug-likeness (QED) is 0.750. The maximum Gasteiger partial charge on any atom is 0.152 e. The average molecular weight is 235 g/mol. The first-order valence-corrected chi connectivity index (χ1v) is 6.11. The van der Waals surface area contributed by atoms with E-state index in [1.165, 1.54) is 12.1 Å². The van der Waals surface area contributed by atoms with Crippen LogP contribution in [0.15, 0.2) is 18.2 Å². The Morgan fingerprint density at radius 2 is 2.24 bits per heavy atom. The Kier molecular flexibility index (Phi) is 3.46. The molecule has 1 unspecified atom stereocenters. The molecule has 0 bridgehead atoms. The predicted octanol–water partition coefficient (Wildman–Crippen LogP) is 3.12. The highest BCUT2D eigenvalue weighted by atomic mass is 19.1. The van der Waals surface area contributed by atoms with Crippen LogP contribution in [0.5, 0.6) is 0 Å². The van der Waals surface area contributed by atoms with E-state index in [9.17, 15) is 9.18 Å². The Morgan fingerprint density at radius 1 is 1.47 bits per heavy atom. The molecule has 92 valence electrons. The summed E-state index contributed by atoms with van der Waals surface area (Å²) in [6.45, 7) is 6.36. The monoisotopic (exact) mass is 235 g/mol. The van der Waals surface area contributed by atoms with E-state index in [0.29, 0.717) is 17.4 Å². The number of halogens is 1. The molecule has 1 saturated heterocycles. The highest BCUT2D eigenvalue weighted by Crippen LogP contribution is 2.30. The molecule has 0 radical (unpaired) electrons. The number of aldehydes is 1. The van der Waals surface area contributed by atoms with Crippen molar-refractivity contribution in [2.24, 2.45) is 11.8 Å². The lowest BCUT2D eigenvalue weighted by Crippen LogP contribution is -2.22. The SMILES string of the molecule is CC(C)C1CCN(c2ccc(F)cc2C=O)C1. The third-order valence-corrected chi connectivity index (χ3v) is 3.62. The number of rotatable bonds is 3. The molecule has 1 aromatic rings. The summed E-state index contributed by atoms with van der Waals surface area (Å²) in [5, 5.41) is 0. The van der Waals surface area contributed by atoms with Crippen molar-refractivity contribution in [1.29, 1.82) is 0 Å². The van der Waals surface area contributed by atoms with Crippen LogP contribution in [0.1, 0.15) is 30.6 Å². The minimum Gasteiger partial charge on any atom is -0.371 e. The minimum atomic E-state index is -0.351. The maximum atomic E-state index is 13.0. The van der Waals surface area contributed by atoms with Crippen molar-refractivity contribution in [2.75, 3.05) is 18.0 Å². The Hall–Kier alpha value is -1.38. The van der Waals surface area contributed by atoms with Gasteiger partial charge in [-0.2, -0.15) is 0 Å². The summed E-state index contributed by atoms with van der Waals surface area (Å²) in [5.41, 5.74) is 1.32. The van der Waals surface area contributed by atoms with Crippen LogP contribution in [0, 0.1) is 17.7 Å². The highest BCUT2D eigenvalue weighted by molar-refractivity contribution is 5.84. The molecule has 1 aromatic carbocycles. The van der Waals surface area contributed by atoms with Gasteiger partial charge in [-0.05, 0) is 36.5 Å². The smallest absolute Gasteiger partial charge is 0.152 e. The van der Waals surface area contributed by atoms with Gasteiger partial charge in [0, 0.05) is 24.3 Å². The Labute approximate surface area is 101 Å². The fourth-order valence-corrected chi connectivity index (χ4v) is 2.46. The van der Waals surface area contributed by atoms with E-state index in [4.69, 9.17) is 0 Å². The van der Waals surface area contributed by atoms with E-state index in [-0.39, 0.29) is 5.82 Å². The maximum absolute atomic E-state index is 13.0. The van der Waals surface area contributed by atoms with Crippen molar-refractivity contribution in [2.45, 2.75) is 20.3 Å². The standard InChI is InChI=1S/C14H18FNO/c1-10(2)11-5-6-16(8-11)14-4-3-13(15)7-12(14)9-17/h3-4,7,9-11H,5-6,8H2,1-2H3. The molecule has 0 aromatic heterocycles. The Morgan fingerprint density at radius 3 is 2.82 bits per heavy atom. The fraction of sp³-hybridized carbons (Fsp3) is 0.500. The molecule has 2 rings (SSSR count). The lowest BCUT2D eigenvalue weighted by Gasteiger charge is -2.21. The molecule has 0 spiro atoms. The van der Waals surface area contributed by atoms with E-state index in [1.54, 1.807) is 6.07 Å². The van der Waals surface area contributed by atoms with Gasteiger partial charge in [-0.15, -0.1) is 0 Å². The molecule has 1 atom stereocenters. The topological polar surface area (TPSA) is 20.3 Å². The first-order valence-electron chi connectivity index (χ1n) is 6.11. The van der Waals surface area contributed by atoms with Gasteiger partial charge in [-0.25, -0.2) is 4.39 Å². The molecular weight excluding hydrogens is 217 g/mol. The number of carbonyl (C=O) groups excluding carboxylic acids is 1. The van der Waals surface area contributed by atoms with Gasteiger partial charge in [0.15, 0.2) is 6.29 Å². The zero-order valence-corrected chi connectivity index (χ0v) is 10.3. The van der Waals surface area contributed by atoms with Crippen molar-refractivity contribution in [3.05, 3.63) is 29.6 Å². The van der Waals surface area contributed by atoms with Crippen molar-refractivity contribution < 1.29 is 9.18 Å². The summed E-state index contributed by atoms with van der Waals surface area (Å²) < 4.78 is 13.0. The molecule has 0 saturated carbocycles. The molecule has 1 heterocycles. The van der Waals surface area contributed by atoms with Gasteiger partial charge in [0.05, 0.1) is 0 Å². The van der Waals surface area contributed by atoms with Gasteiger partial charge >= 0.3 is 0 Å². The van der Waals surface area contributed by atoms with Crippen LogP contribution in [0.25, 0.3) is 0 Å². The number of nitrogens with zero attached hydrogens (tertiary/aromatic N) is 1. The largest absolute Gasteiger partial charge is 0.371 e. The van der Waals surface area contributed by atoms with Crippen LogP contribution in [-0.2, 0) is 0 Å². The van der Waals surface area contributed by atoms with Crippen LogP contribution in [0.3, 0.4) is 0 Å². The second-order valence-corrected chi connectivity index (χ2v) is 5.06. The van der Waals surface area contributed by atoms with E-state index in [0.717, 1.165) is 31.5 Å². The zero-order chi connectivity index (χ0) is 12.4. The zero-order valence-electron chi connectivity index (χ0n) is 10.3. The van der Waals surface area contributed by atoms with Crippen LogP contribution in [0.2, 0.25) is 0 Å². The van der Waals surface area contributed by atoms with E-state index < -0.39 is 0 Å². The minimum absolute atomic E-state index is 0.351. The third-order valence-electron chi connectivity index (χ3n) is 3.62. The van der Waals surface area contributed by atoms with Crippen molar-refractivity contribution in [3.63, 3.8) is 0 Å². The van der Waals surface area contributed by atoms with Gasteiger partial charge in [0.25, 0.3) is 0 Å². The van der Waals surface area contributed by atoms with Crippen LogP contribution in [0.4, 0.5) is 10.1 Å². The molecule has 1 aliphatic rings. The molecular formula is C14H18FNO. The van der Waals surface area contributed by atoms with Gasteiger partial charge in [0.2, 0.25) is 0 Å². The number of hydrogen-bond donors (Lipinski definition) is 0. The normalized spacial score (nSPS) is 20.0. The highest BCUT2D eigenvalue weighted by Gasteiger charge is 2.26. The molecule has 0 amide bonds. The van der Waals surface area contributed by atoms with Crippen LogP contribution in [-0.4, -0.2) is 19.4 Å². The number of benzene rings is 1. The summed E-state index contributed by atoms with van der Waals surface area (Å²) in [7, 11) is 0. The lowest BCUT2D eigenvalue weighted by molar-refractivity contribution is 0.112. The van der Waals surface area contributed by atoms with Crippen LogP contribution < -0.4 is 4.90 Å². The molecule has 3 heteroatoms. The Bertz CT molecular complexity index is 417. The van der Waals surface area contributed by atoms with E-state index in [2.05, 4.69) is 18.7 Å². The van der Waals surface area contributed by atoms with Crippen molar-refractivity contribution in [3.8, 4) is 0 Å². The van der Waals surface area contributed by atoms with Gasteiger partial charge in [0.1, 0.15) is 5.82 Å². The summed E-state index contributed by atoms with van der Waals surface area (Å²) in [6, 6.07) is 4.44.